The topological polar surface area (TPSA) is 104 Å². The summed E-state index contributed by atoms with van der Waals surface area (Å²) < 4.78 is 4.33. The summed E-state index contributed by atoms with van der Waals surface area (Å²) in [6, 6.07) is 0. The molecule has 5 heteroatoms. The van der Waals surface area contributed by atoms with Crippen LogP contribution in [0, 0.1) is 0 Å². The highest BCUT2D eigenvalue weighted by molar-refractivity contribution is 5.64. The average molecular weight is 205 g/mol. The lowest BCUT2D eigenvalue weighted by molar-refractivity contribution is 0.157. The van der Waals surface area contributed by atoms with Gasteiger partial charge in [-0.3, -0.25) is 0 Å². The van der Waals surface area contributed by atoms with Gasteiger partial charge in [-0.1, -0.05) is 13.3 Å². The lowest BCUT2D eigenvalue weighted by atomic mass is 10.2. The maximum atomic E-state index is 9.76. The molecule has 0 heterocycles. The van der Waals surface area contributed by atoms with Crippen molar-refractivity contribution < 1.29 is 9.53 Å². The summed E-state index contributed by atoms with van der Waals surface area (Å²) in [4.78, 5) is 9.76. The van der Waals surface area contributed by atoms with Gasteiger partial charge in [0.1, 0.15) is 0 Å². The van der Waals surface area contributed by atoms with Crippen LogP contribution in [-0.4, -0.2) is 25.8 Å². The van der Waals surface area contributed by atoms with Crippen LogP contribution in [0.25, 0.3) is 0 Å². The van der Waals surface area contributed by atoms with Crippen molar-refractivity contribution in [2.75, 3.05) is 19.7 Å². The van der Waals surface area contributed by atoms with Gasteiger partial charge in [-0.25, -0.2) is 4.79 Å². The average Bonchev–Trinajstić information content (AvgIpc) is 2.16. The van der Waals surface area contributed by atoms with E-state index in [1.807, 2.05) is 6.92 Å². The van der Waals surface area contributed by atoms with Gasteiger partial charge in [0.2, 0.25) is 0 Å². The summed E-state index contributed by atoms with van der Waals surface area (Å²) in [5, 5.41) is 0. The molecule has 6 N–H and O–H groups in total. The van der Waals surface area contributed by atoms with Crippen LogP contribution in [0.4, 0.5) is 4.79 Å². The molecule has 0 rings (SSSR count). The van der Waals surface area contributed by atoms with Crippen LogP contribution < -0.4 is 17.2 Å². The summed E-state index contributed by atoms with van der Waals surface area (Å²) in [5.74, 6) is 0. The summed E-state index contributed by atoms with van der Waals surface area (Å²) >= 11 is 0. The first-order valence-electron chi connectivity index (χ1n) is 5.01. The predicted octanol–water partition coefficient (Wildman–Crippen LogP) is 0.566. The van der Waals surface area contributed by atoms with Crippen LogP contribution in [0.15, 0.2) is 0 Å². The van der Waals surface area contributed by atoms with E-state index in [1.54, 1.807) is 0 Å². The smallest absolute Gasteiger partial charge is 0.404 e. The molecule has 0 atom stereocenters. The standard InChI is InChI=1S/C5H14N2.C4H9NO2/c6-4-2-1-3-5-7;1-2-3-7-4(5)6/h1-7H2;2-3H2,1H3,(H2,5,6). The van der Waals surface area contributed by atoms with Crippen LogP contribution in [0.2, 0.25) is 0 Å². The first-order valence-corrected chi connectivity index (χ1v) is 5.01. The van der Waals surface area contributed by atoms with Crippen molar-refractivity contribution in [2.24, 2.45) is 17.2 Å². The van der Waals surface area contributed by atoms with Gasteiger partial charge in [0.05, 0.1) is 6.61 Å². The monoisotopic (exact) mass is 205 g/mol. The molecule has 0 saturated carbocycles. The maximum Gasteiger partial charge on any atom is 0.404 e. The van der Waals surface area contributed by atoms with Gasteiger partial charge in [0, 0.05) is 0 Å². The van der Waals surface area contributed by atoms with Gasteiger partial charge < -0.3 is 21.9 Å². The zero-order valence-electron chi connectivity index (χ0n) is 9.00. The molecule has 0 radical (unpaired) electrons. The summed E-state index contributed by atoms with van der Waals surface area (Å²) in [7, 11) is 0. The number of carbonyl (C=O) groups is 1. The Morgan fingerprint density at radius 3 is 1.86 bits per heavy atom. The molecule has 0 aliphatic heterocycles. The zero-order valence-corrected chi connectivity index (χ0v) is 9.00. The predicted molar refractivity (Wildman–Crippen MR) is 57.8 cm³/mol. The van der Waals surface area contributed by atoms with Crippen LogP contribution >= 0.6 is 0 Å². The Kier molecular flexibility index (Phi) is 16.4. The lowest BCUT2D eigenvalue weighted by Crippen LogP contribution is -2.12. The number of primary amides is 1. The lowest BCUT2D eigenvalue weighted by Gasteiger charge is -1.93. The van der Waals surface area contributed by atoms with Crippen molar-refractivity contribution in [2.45, 2.75) is 32.6 Å². The van der Waals surface area contributed by atoms with Crippen molar-refractivity contribution in [3.63, 3.8) is 0 Å². The van der Waals surface area contributed by atoms with Crippen molar-refractivity contribution in [3.8, 4) is 0 Å². The molecule has 0 spiro atoms. The van der Waals surface area contributed by atoms with Gasteiger partial charge in [0.15, 0.2) is 0 Å². The second-order valence-electron chi connectivity index (χ2n) is 2.81. The fourth-order valence-electron chi connectivity index (χ4n) is 0.668. The number of ether oxygens (including phenoxy) is 1. The fraction of sp³-hybridized carbons (Fsp3) is 0.889. The van der Waals surface area contributed by atoms with Gasteiger partial charge in [-0.05, 0) is 32.4 Å². The zero-order chi connectivity index (χ0) is 11.2. The number of rotatable bonds is 6. The molecule has 0 aliphatic carbocycles. The Hall–Kier alpha value is -0.810. The van der Waals surface area contributed by atoms with Crippen LogP contribution in [0.3, 0.4) is 0 Å². The van der Waals surface area contributed by atoms with Crippen molar-refractivity contribution in [1.29, 1.82) is 0 Å². The Bertz CT molecular complexity index is 117. The summed E-state index contributed by atoms with van der Waals surface area (Å²) in [6.07, 6.45) is 3.56. The molecule has 5 nitrogen and oxygen atoms in total. The largest absolute Gasteiger partial charge is 0.450 e. The number of hydrogen-bond acceptors (Lipinski definition) is 4. The van der Waals surface area contributed by atoms with Crippen molar-refractivity contribution in [1.82, 2.24) is 0 Å². The van der Waals surface area contributed by atoms with Crippen LogP contribution in [-0.2, 0) is 4.74 Å². The Balaban J connectivity index is 0. The third-order valence-electron chi connectivity index (χ3n) is 1.36. The molecule has 0 fully saturated rings. The number of unbranched alkanes of at least 4 members (excludes halogenated alkanes) is 2. The van der Waals surface area contributed by atoms with Gasteiger partial charge in [0.25, 0.3) is 0 Å². The minimum Gasteiger partial charge on any atom is -0.450 e. The highest BCUT2D eigenvalue weighted by atomic mass is 16.5. The van der Waals surface area contributed by atoms with E-state index in [9.17, 15) is 4.79 Å². The molecule has 0 aliphatic rings. The second kappa shape index (κ2) is 14.7. The van der Waals surface area contributed by atoms with E-state index in [0.29, 0.717) is 6.61 Å². The van der Waals surface area contributed by atoms with E-state index in [-0.39, 0.29) is 0 Å². The third-order valence-corrected chi connectivity index (χ3v) is 1.36. The Labute approximate surface area is 86.0 Å². The SMILES string of the molecule is CCCOC(N)=O.NCCCCCN. The second-order valence-corrected chi connectivity index (χ2v) is 2.81. The van der Waals surface area contributed by atoms with Gasteiger partial charge in [-0.2, -0.15) is 0 Å². The molecule has 86 valence electrons. The van der Waals surface area contributed by atoms with Gasteiger partial charge >= 0.3 is 6.09 Å². The molecule has 0 saturated heterocycles. The first kappa shape index (κ1) is 15.7. The highest BCUT2D eigenvalue weighted by Crippen LogP contribution is 1.88. The molecule has 0 aromatic heterocycles. The number of carbonyl (C=O) groups excluding carboxylic acids is 1. The molecule has 0 aromatic rings. The van der Waals surface area contributed by atoms with Gasteiger partial charge in [-0.15, -0.1) is 0 Å². The summed E-state index contributed by atoms with van der Waals surface area (Å²) in [5.41, 5.74) is 15.1. The van der Waals surface area contributed by atoms with E-state index in [4.69, 9.17) is 11.5 Å². The molecule has 14 heavy (non-hydrogen) atoms. The van der Waals surface area contributed by atoms with Crippen molar-refractivity contribution in [3.05, 3.63) is 0 Å². The minimum absolute atomic E-state index is 0.426. The highest BCUT2D eigenvalue weighted by Gasteiger charge is 1.86. The van der Waals surface area contributed by atoms with E-state index in [0.717, 1.165) is 32.4 Å². The molecular formula is C9H23N3O2. The number of amides is 1. The third kappa shape index (κ3) is 22.5. The normalized spacial score (nSPS) is 8.79. The number of nitrogens with two attached hydrogens (primary N) is 3. The molecule has 1 amide bonds. The van der Waals surface area contributed by atoms with Crippen LogP contribution in [0.5, 0.6) is 0 Å². The maximum absolute atomic E-state index is 9.76. The van der Waals surface area contributed by atoms with Crippen molar-refractivity contribution >= 4 is 6.09 Å². The van der Waals surface area contributed by atoms with E-state index < -0.39 is 6.09 Å². The molecule has 0 aromatic carbocycles. The van der Waals surface area contributed by atoms with E-state index >= 15 is 0 Å². The van der Waals surface area contributed by atoms with E-state index in [1.165, 1.54) is 6.42 Å². The van der Waals surface area contributed by atoms with E-state index in [2.05, 4.69) is 10.5 Å². The first-order chi connectivity index (χ1) is 6.68. The van der Waals surface area contributed by atoms with Crippen LogP contribution in [0.1, 0.15) is 32.6 Å². The minimum atomic E-state index is -0.693. The fourth-order valence-corrected chi connectivity index (χ4v) is 0.668. The Morgan fingerprint density at radius 2 is 1.64 bits per heavy atom. The molecule has 0 unspecified atom stereocenters. The quantitative estimate of drug-likeness (QED) is 0.551. The number of hydrogen-bond donors (Lipinski definition) is 3. The summed E-state index contributed by atoms with van der Waals surface area (Å²) in [6.45, 7) is 3.94. The molecule has 0 bridgehead atoms. The Morgan fingerprint density at radius 1 is 1.14 bits per heavy atom. The molecular weight excluding hydrogens is 182 g/mol.